The number of nitrogens with one attached hydrogen (secondary N) is 1. The lowest BCUT2D eigenvalue weighted by molar-refractivity contribution is -0.128. The van der Waals surface area contributed by atoms with Crippen molar-refractivity contribution >= 4 is 23.4 Å². The summed E-state index contributed by atoms with van der Waals surface area (Å²) in [7, 11) is 3.47. The van der Waals surface area contributed by atoms with Crippen molar-refractivity contribution in [3.63, 3.8) is 0 Å². The van der Waals surface area contributed by atoms with Gasteiger partial charge in [-0.1, -0.05) is 6.07 Å². The number of anilines is 1. The van der Waals surface area contributed by atoms with E-state index in [1.807, 2.05) is 24.5 Å². The van der Waals surface area contributed by atoms with Gasteiger partial charge in [0, 0.05) is 32.0 Å². The molecule has 18 heavy (non-hydrogen) atoms. The second-order valence-electron chi connectivity index (χ2n) is 3.96. The van der Waals surface area contributed by atoms with Gasteiger partial charge in [-0.2, -0.15) is 5.26 Å². The standard InChI is InChI=1S/C13H17N3OS/c1-16(2)13(17)7-8-15-11-5-4-6-12(18-3)10(11)9-14/h4-6,15H,7-8H2,1-3H3. The van der Waals surface area contributed by atoms with Crippen LogP contribution in [-0.4, -0.2) is 37.7 Å². The number of carbonyl (C=O) groups is 1. The summed E-state index contributed by atoms with van der Waals surface area (Å²) in [6, 6.07) is 7.88. The van der Waals surface area contributed by atoms with Crippen LogP contribution in [0.2, 0.25) is 0 Å². The first kappa shape index (κ1) is 14.4. The van der Waals surface area contributed by atoms with Crippen LogP contribution in [0.3, 0.4) is 0 Å². The zero-order chi connectivity index (χ0) is 13.5. The Morgan fingerprint density at radius 3 is 2.78 bits per heavy atom. The van der Waals surface area contributed by atoms with Crippen LogP contribution < -0.4 is 5.32 Å². The Balaban J connectivity index is 2.68. The molecule has 1 aromatic rings. The molecular weight excluding hydrogens is 246 g/mol. The van der Waals surface area contributed by atoms with E-state index in [0.717, 1.165) is 10.6 Å². The molecule has 0 unspecified atom stereocenters. The molecule has 0 aliphatic heterocycles. The predicted octanol–water partition coefficient (Wildman–Crippen LogP) is 2.17. The number of carbonyl (C=O) groups excluding carboxylic acids is 1. The first-order chi connectivity index (χ1) is 8.60. The quantitative estimate of drug-likeness (QED) is 0.827. The van der Waals surface area contributed by atoms with E-state index in [2.05, 4.69) is 11.4 Å². The predicted molar refractivity (Wildman–Crippen MR) is 74.7 cm³/mol. The van der Waals surface area contributed by atoms with E-state index < -0.39 is 0 Å². The average Bonchev–Trinajstić information content (AvgIpc) is 2.37. The third-order valence-electron chi connectivity index (χ3n) is 2.51. The molecule has 0 radical (unpaired) electrons. The molecule has 1 aromatic carbocycles. The van der Waals surface area contributed by atoms with Crippen molar-refractivity contribution in [2.45, 2.75) is 11.3 Å². The fraction of sp³-hybridized carbons (Fsp3) is 0.385. The zero-order valence-corrected chi connectivity index (χ0v) is 11.7. The van der Waals surface area contributed by atoms with Gasteiger partial charge in [0.05, 0.1) is 11.3 Å². The van der Waals surface area contributed by atoms with E-state index in [-0.39, 0.29) is 5.91 Å². The Kier molecular flexibility index (Phi) is 5.53. The van der Waals surface area contributed by atoms with E-state index >= 15 is 0 Å². The molecule has 96 valence electrons. The van der Waals surface area contributed by atoms with Crippen LogP contribution in [0, 0.1) is 11.3 Å². The van der Waals surface area contributed by atoms with Gasteiger partial charge in [-0.25, -0.2) is 0 Å². The summed E-state index contributed by atoms with van der Waals surface area (Å²) in [4.78, 5) is 13.9. The first-order valence-electron chi connectivity index (χ1n) is 5.61. The Morgan fingerprint density at radius 2 is 2.22 bits per heavy atom. The highest BCUT2D eigenvalue weighted by atomic mass is 32.2. The van der Waals surface area contributed by atoms with Crippen LogP contribution in [0.4, 0.5) is 5.69 Å². The number of rotatable bonds is 5. The molecule has 0 spiro atoms. The molecule has 0 aliphatic carbocycles. The maximum Gasteiger partial charge on any atom is 0.223 e. The second kappa shape index (κ2) is 6.92. The molecule has 0 saturated heterocycles. The van der Waals surface area contributed by atoms with Crippen molar-refractivity contribution in [2.75, 3.05) is 32.2 Å². The van der Waals surface area contributed by atoms with Gasteiger partial charge >= 0.3 is 0 Å². The normalized spacial score (nSPS) is 9.67. The minimum atomic E-state index is 0.0713. The van der Waals surface area contributed by atoms with E-state index in [9.17, 15) is 4.79 Å². The van der Waals surface area contributed by atoms with Gasteiger partial charge < -0.3 is 10.2 Å². The van der Waals surface area contributed by atoms with Crippen LogP contribution in [0.1, 0.15) is 12.0 Å². The summed E-state index contributed by atoms with van der Waals surface area (Å²) in [5, 5.41) is 12.3. The lowest BCUT2D eigenvalue weighted by Crippen LogP contribution is -2.24. The molecule has 0 aliphatic rings. The summed E-state index contributed by atoms with van der Waals surface area (Å²) in [5.74, 6) is 0.0713. The van der Waals surface area contributed by atoms with Crippen LogP contribution in [-0.2, 0) is 4.79 Å². The molecule has 0 fully saturated rings. The largest absolute Gasteiger partial charge is 0.383 e. The van der Waals surface area contributed by atoms with Gasteiger partial charge in [0.15, 0.2) is 0 Å². The molecule has 4 nitrogen and oxygen atoms in total. The highest BCUT2D eigenvalue weighted by Gasteiger charge is 2.08. The zero-order valence-electron chi connectivity index (χ0n) is 10.9. The number of nitriles is 1. The van der Waals surface area contributed by atoms with Gasteiger partial charge in [0.1, 0.15) is 6.07 Å². The fourth-order valence-corrected chi connectivity index (χ4v) is 2.07. The van der Waals surface area contributed by atoms with Crippen LogP contribution >= 0.6 is 11.8 Å². The molecule has 0 bridgehead atoms. The lowest BCUT2D eigenvalue weighted by atomic mass is 10.2. The van der Waals surface area contributed by atoms with Crippen molar-refractivity contribution in [2.24, 2.45) is 0 Å². The number of hydrogen-bond acceptors (Lipinski definition) is 4. The topological polar surface area (TPSA) is 56.1 Å². The molecule has 0 aromatic heterocycles. The number of hydrogen-bond donors (Lipinski definition) is 1. The smallest absolute Gasteiger partial charge is 0.223 e. The van der Waals surface area contributed by atoms with Gasteiger partial charge in [0.25, 0.3) is 0 Å². The third-order valence-corrected chi connectivity index (χ3v) is 3.29. The lowest BCUT2D eigenvalue weighted by Gasteiger charge is -2.12. The van der Waals surface area contributed by atoms with Gasteiger partial charge in [-0.3, -0.25) is 4.79 Å². The Bertz CT molecular complexity index is 466. The Morgan fingerprint density at radius 1 is 1.50 bits per heavy atom. The molecule has 5 heteroatoms. The van der Waals surface area contributed by atoms with Crippen LogP contribution in [0.15, 0.2) is 23.1 Å². The fourth-order valence-electron chi connectivity index (χ4n) is 1.49. The van der Waals surface area contributed by atoms with Crippen LogP contribution in [0.5, 0.6) is 0 Å². The minimum absolute atomic E-state index is 0.0713. The molecule has 1 N–H and O–H groups in total. The molecule has 0 saturated carbocycles. The first-order valence-corrected chi connectivity index (χ1v) is 6.83. The molecule has 1 rings (SSSR count). The van der Waals surface area contributed by atoms with Crippen molar-refractivity contribution in [3.8, 4) is 6.07 Å². The minimum Gasteiger partial charge on any atom is -0.383 e. The van der Waals surface area contributed by atoms with E-state index in [0.29, 0.717) is 18.5 Å². The average molecular weight is 263 g/mol. The SMILES string of the molecule is CSc1cccc(NCCC(=O)N(C)C)c1C#N. The summed E-state index contributed by atoms with van der Waals surface area (Å²) in [6.45, 7) is 0.531. The number of benzene rings is 1. The number of amides is 1. The molecule has 0 heterocycles. The number of nitrogens with zero attached hydrogens (tertiary/aromatic N) is 2. The van der Waals surface area contributed by atoms with E-state index in [1.165, 1.54) is 0 Å². The Hall–Kier alpha value is -1.67. The second-order valence-corrected chi connectivity index (χ2v) is 4.81. The maximum atomic E-state index is 11.4. The van der Waals surface area contributed by atoms with E-state index in [1.54, 1.807) is 30.8 Å². The Labute approximate surface area is 112 Å². The maximum absolute atomic E-state index is 11.4. The monoisotopic (exact) mass is 263 g/mol. The van der Waals surface area contributed by atoms with Crippen molar-refractivity contribution < 1.29 is 4.79 Å². The summed E-state index contributed by atoms with van der Waals surface area (Å²) >= 11 is 1.54. The summed E-state index contributed by atoms with van der Waals surface area (Å²) < 4.78 is 0. The number of thioether (sulfide) groups is 1. The highest BCUT2D eigenvalue weighted by molar-refractivity contribution is 7.98. The van der Waals surface area contributed by atoms with Crippen LogP contribution in [0.25, 0.3) is 0 Å². The van der Waals surface area contributed by atoms with Gasteiger partial charge in [-0.15, -0.1) is 11.8 Å². The summed E-state index contributed by atoms with van der Waals surface area (Å²) in [6.07, 6.45) is 2.36. The highest BCUT2D eigenvalue weighted by Crippen LogP contribution is 2.26. The molecule has 1 amide bonds. The van der Waals surface area contributed by atoms with E-state index in [4.69, 9.17) is 5.26 Å². The van der Waals surface area contributed by atoms with Crippen molar-refractivity contribution in [3.05, 3.63) is 23.8 Å². The molecular formula is C13H17N3OS. The van der Waals surface area contributed by atoms with Gasteiger partial charge in [-0.05, 0) is 18.4 Å². The summed E-state index contributed by atoms with van der Waals surface area (Å²) in [5.41, 5.74) is 1.43. The van der Waals surface area contributed by atoms with Gasteiger partial charge in [0.2, 0.25) is 5.91 Å². The molecule has 0 atom stereocenters. The third kappa shape index (κ3) is 3.67. The van der Waals surface area contributed by atoms with Crippen molar-refractivity contribution in [1.29, 1.82) is 5.26 Å². The van der Waals surface area contributed by atoms with Crippen molar-refractivity contribution in [1.82, 2.24) is 4.90 Å².